The zero-order valence-corrected chi connectivity index (χ0v) is 27.3. The fourth-order valence-electron chi connectivity index (χ4n) is 7.74. The van der Waals surface area contributed by atoms with Gasteiger partial charge in [0, 0.05) is 33.2 Å². The minimum absolute atomic E-state index is 0.913. The van der Waals surface area contributed by atoms with Crippen LogP contribution in [0.5, 0.6) is 0 Å². The highest BCUT2D eigenvalue weighted by Gasteiger charge is 2.19. The van der Waals surface area contributed by atoms with Crippen molar-refractivity contribution in [3.8, 4) is 22.3 Å². The Morgan fingerprint density at radius 1 is 0.280 bits per heavy atom. The Kier molecular flexibility index (Phi) is 6.53. The number of hydrogen-bond donors (Lipinski definition) is 0. The summed E-state index contributed by atoms with van der Waals surface area (Å²) in [4.78, 5) is 2.39. The number of nitrogens with zero attached hydrogens (tertiary/aromatic N) is 1. The number of benzene rings is 9. The zero-order chi connectivity index (χ0) is 33.0. The van der Waals surface area contributed by atoms with Crippen LogP contribution in [0.15, 0.2) is 192 Å². The van der Waals surface area contributed by atoms with Crippen molar-refractivity contribution < 1.29 is 4.42 Å². The second-order valence-electron chi connectivity index (χ2n) is 12.9. The van der Waals surface area contributed by atoms with Crippen LogP contribution < -0.4 is 4.90 Å². The zero-order valence-electron chi connectivity index (χ0n) is 27.3. The van der Waals surface area contributed by atoms with E-state index in [1.165, 1.54) is 60.0 Å². The Morgan fingerprint density at radius 2 is 0.780 bits per heavy atom. The first-order valence-electron chi connectivity index (χ1n) is 17.1. The fraction of sp³-hybridized carbons (Fsp3) is 0. The van der Waals surface area contributed by atoms with Crippen molar-refractivity contribution >= 4 is 71.3 Å². The molecule has 10 aromatic rings. The Labute approximate surface area is 290 Å². The molecule has 0 aliphatic carbocycles. The van der Waals surface area contributed by atoms with Crippen molar-refractivity contribution in [2.75, 3.05) is 4.90 Å². The summed E-state index contributed by atoms with van der Waals surface area (Å²) in [6.07, 6.45) is 0. The van der Waals surface area contributed by atoms with Crippen molar-refractivity contribution in [3.05, 3.63) is 188 Å². The van der Waals surface area contributed by atoms with Gasteiger partial charge < -0.3 is 9.32 Å². The molecule has 0 N–H and O–H groups in total. The van der Waals surface area contributed by atoms with Gasteiger partial charge in [-0.1, -0.05) is 133 Å². The summed E-state index contributed by atoms with van der Waals surface area (Å²) in [5.74, 6) is 0. The quantitative estimate of drug-likeness (QED) is 0.175. The van der Waals surface area contributed by atoms with Gasteiger partial charge in [-0.3, -0.25) is 0 Å². The van der Waals surface area contributed by atoms with E-state index >= 15 is 0 Å². The third-order valence-corrected chi connectivity index (χ3v) is 10.0. The summed E-state index contributed by atoms with van der Waals surface area (Å²) in [5, 5.41) is 9.69. The van der Waals surface area contributed by atoms with Gasteiger partial charge >= 0.3 is 0 Å². The summed E-state index contributed by atoms with van der Waals surface area (Å²) in [6, 6.07) is 67.5. The minimum atomic E-state index is 0.913. The maximum absolute atomic E-state index is 6.39. The highest BCUT2D eigenvalue weighted by Crippen LogP contribution is 2.45. The van der Waals surface area contributed by atoms with Gasteiger partial charge in [-0.05, 0) is 104 Å². The molecule has 9 aromatic carbocycles. The number of anilines is 3. The molecule has 2 nitrogen and oxygen atoms in total. The molecule has 0 bridgehead atoms. The molecule has 0 radical (unpaired) electrons. The number of para-hydroxylation sites is 1. The number of hydrogen-bond acceptors (Lipinski definition) is 2. The lowest BCUT2D eigenvalue weighted by atomic mass is 9.91. The molecule has 234 valence electrons. The van der Waals surface area contributed by atoms with Crippen molar-refractivity contribution in [1.29, 1.82) is 0 Å². The van der Waals surface area contributed by atoms with Crippen LogP contribution in [0.3, 0.4) is 0 Å². The molecule has 0 spiro atoms. The van der Waals surface area contributed by atoms with Crippen molar-refractivity contribution in [2.45, 2.75) is 0 Å². The van der Waals surface area contributed by atoms with Gasteiger partial charge in [0.05, 0.1) is 0 Å². The molecule has 1 heterocycles. The molecule has 10 rings (SSSR count). The molecule has 0 saturated carbocycles. The normalized spacial score (nSPS) is 11.6. The van der Waals surface area contributed by atoms with E-state index in [9.17, 15) is 0 Å². The lowest BCUT2D eigenvalue weighted by molar-refractivity contribution is 0.669. The van der Waals surface area contributed by atoms with Crippen LogP contribution in [0.1, 0.15) is 0 Å². The summed E-state index contributed by atoms with van der Waals surface area (Å²) in [7, 11) is 0. The third kappa shape index (κ3) is 4.57. The fourth-order valence-corrected chi connectivity index (χ4v) is 7.74. The molecule has 0 amide bonds. The first-order valence-corrected chi connectivity index (χ1v) is 17.1. The molecular weight excluding hydrogens is 607 g/mol. The van der Waals surface area contributed by atoms with Gasteiger partial charge in [-0.2, -0.15) is 0 Å². The topological polar surface area (TPSA) is 16.4 Å². The van der Waals surface area contributed by atoms with E-state index in [1.54, 1.807) is 0 Å². The SMILES string of the molecule is c1ccc(-c2cccc(N(c3cccc(-c4ccccc4)c3)c3ccc4c5ccccc5c5c(ccc6oc7ccccc7c65)c4c3)c2)cc1. The van der Waals surface area contributed by atoms with E-state index in [2.05, 4.69) is 187 Å². The minimum Gasteiger partial charge on any atom is -0.456 e. The van der Waals surface area contributed by atoms with Crippen LogP contribution in [0.4, 0.5) is 17.1 Å². The Morgan fingerprint density at radius 3 is 1.46 bits per heavy atom. The smallest absolute Gasteiger partial charge is 0.136 e. The van der Waals surface area contributed by atoms with Gasteiger partial charge in [-0.15, -0.1) is 0 Å². The maximum Gasteiger partial charge on any atom is 0.136 e. The molecule has 0 unspecified atom stereocenters. The molecule has 0 aliphatic heterocycles. The maximum atomic E-state index is 6.39. The summed E-state index contributed by atoms with van der Waals surface area (Å²) in [6.45, 7) is 0. The van der Waals surface area contributed by atoms with Crippen LogP contribution in [-0.4, -0.2) is 0 Å². The van der Waals surface area contributed by atoms with E-state index in [0.717, 1.165) is 33.6 Å². The third-order valence-electron chi connectivity index (χ3n) is 10.0. The molecule has 1 aromatic heterocycles. The van der Waals surface area contributed by atoms with Gasteiger partial charge in [0.25, 0.3) is 0 Å². The number of rotatable bonds is 5. The van der Waals surface area contributed by atoms with Crippen LogP contribution in [0, 0.1) is 0 Å². The molecule has 0 aliphatic rings. The largest absolute Gasteiger partial charge is 0.456 e. The number of furan rings is 1. The second kappa shape index (κ2) is 11.5. The molecular formula is C48H31NO. The molecule has 50 heavy (non-hydrogen) atoms. The van der Waals surface area contributed by atoms with E-state index in [-0.39, 0.29) is 0 Å². The van der Waals surface area contributed by atoms with E-state index in [1.807, 2.05) is 6.07 Å². The monoisotopic (exact) mass is 637 g/mol. The molecule has 2 heteroatoms. The second-order valence-corrected chi connectivity index (χ2v) is 12.9. The Hall–Kier alpha value is -6.64. The molecule has 0 fully saturated rings. The van der Waals surface area contributed by atoms with E-state index < -0.39 is 0 Å². The summed E-state index contributed by atoms with van der Waals surface area (Å²) >= 11 is 0. The van der Waals surface area contributed by atoms with Gasteiger partial charge in [0.2, 0.25) is 0 Å². The standard InChI is InChI=1S/C48H31NO/c1-3-13-32(14-4-1)34-17-11-19-36(29-34)49(37-20-12-18-35(30-37)33-15-5-2-6-16-33)38-25-26-40-39-21-7-8-22-41(39)47-42(44(40)31-38)27-28-46-48(47)43-23-9-10-24-45(43)50-46/h1-31H. The summed E-state index contributed by atoms with van der Waals surface area (Å²) in [5.41, 5.74) is 9.87. The average Bonchev–Trinajstić information content (AvgIpc) is 3.58. The summed E-state index contributed by atoms with van der Waals surface area (Å²) < 4.78 is 6.39. The van der Waals surface area contributed by atoms with Crippen LogP contribution in [0.2, 0.25) is 0 Å². The van der Waals surface area contributed by atoms with Crippen LogP contribution >= 0.6 is 0 Å². The van der Waals surface area contributed by atoms with Crippen LogP contribution in [-0.2, 0) is 0 Å². The number of fused-ring (bicyclic) bond motifs is 10. The lowest BCUT2D eigenvalue weighted by Crippen LogP contribution is -2.10. The molecule has 0 saturated heterocycles. The Balaban J connectivity index is 1.26. The highest BCUT2D eigenvalue weighted by atomic mass is 16.3. The van der Waals surface area contributed by atoms with E-state index in [4.69, 9.17) is 4.42 Å². The van der Waals surface area contributed by atoms with Crippen molar-refractivity contribution in [2.24, 2.45) is 0 Å². The first kappa shape index (κ1) is 28.4. The van der Waals surface area contributed by atoms with Crippen molar-refractivity contribution in [3.63, 3.8) is 0 Å². The predicted molar refractivity (Wildman–Crippen MR) is 212 cm³/mol. The van der Waals surface area contributed by atoms with E-state index in [0.29, 0.717) is 0 Å². The Bertz CT molecular complexity index is 2790. The van der Waals surface area contributed by atoms with Gasteiger partial charge in [-0.25, -0.2) is 0 Å². The first-order chi connectivity index (χ1) is 24.8. The lowest BCUT2D eigenvalue weighted by Gasteiger charge is -2.27. The molecule has 0 atom stereocenters. The van der Waals surface area contributed by atoms with Crippen molar-refractivity contribution in [1.82, 2.24) is 0 Å². The predicted octanol–water partition coefficient (Wildman–Crippen LogP) is 13.8. The van der Waals surface area contributed by atoms with Gasteiger partial charge in [0.15, 0.2) is 0 Å². The van der Waals surface area contributed by atoms with Gasteiger partial charge in [0.1, 0.15) is 11.2 Å². The highest BCUT2D eigenvalue weighted by molar-refractivity contribution is 6.34. The average molecular weight is 638 g/mol. The van der Waals surface area contributed by atoms with Crippen LogP contribution in [0.25, 0.3) is 76.5 Å².